The van der Waals surface area contributed by atoms with E-state index in [0.29, 0.717) is 13.1 Å². The van der Waals surface area contributed by atoms with Crippen molar-refractivity contribution in [1.82, 2.24) is 10.6 Å². The Labute approximate surface area is 73.3 Å². The second-order valence-corrected chi connectivity index (χ2v) is 2.69. The van der Waals surface area contributed by atoms with Gasteiger partial charge in [0, 0.05) is 13.1 Å². The fourth-order valence-corrected chi connectivity index (χ4v) is 0.775. The molecule has 0 aromatic rings. The Morgan fingerprint density at radius 3 is 2.67 bits per heavy atom. The maximum atomic E-state index is 11.2. The van der Waals surface area contributed by atoms with Gasteiger partial charge < -0.3 is 15.7 Å². The molecule has 4 heteroatoms. The Morgan fingerprint density at radius 1 is 1.50 bits per heavy atom. The maximum absolute atomic E-state index is 11.2. The number of aliphatic hydroxyl groups excluding tert-OH is 1. The quantitative estimate of drug-likeness (QED) is 0.508. The van der Waals surface area contributed by atoms with Crippen LogP contribution in [0.2, 0.25) is 0 Å². The molecule has 1 unspecified atom stereocenters. The summed E-state index contributed by atoms with van der Waals surface area (Å²) in [7, 11) is 0. The minimum absolute atomic E-state index is 0.00898. The Kier molecular flexibility index (Phi) is 6.70. The SMILES string of the molecule is CCCNC(=O)C(C)NCCO. The lowest BCUT2D eigenvalue weighted by molar-refractivity contribution is -0.122. The molecule has 1 atom stereocenters. The number of aliphatic hydroxyl groups is 1. The summed E-state index contributed by atoms with van der Waals surface area (Å²) in [5.41, 5.74) is 0. The van der Waals surface area contributed by atoms with E-state index in [1.807, 2.05) is 6.92 Å². The van der Waals surface area contributed by atoms with Crippen LogP contribution < -0.4 is 10.6 Å². The van der Waals surface area contributed by atoms with Crippen LogP contribution in [-0.4, -0.2) is 36.8 Å². The molecule has 0 radical (unpaired) electrons. The van der Waals surface area contributed by atoms with E-state index in [4.69, 9.17) is 5.11 Å². The minimum Gasteiger partial charge on any atom is -0.395 e. The summed E-state index contributed by atoms with van der Waals surface area (Å²) in [5.74, 6) is -0.00898. The molecule has 3 N–H and O–H groups in total. The van der Waals surface area contributed by atoms with Crippen molar-refractivity contribution < 1.29 is 9.90 Å². The van der Waals surface area contributed by atoms with E-state index in [0.717, 1.165) is 6.42 Å². The van der Waals surface area contributed by atoms with Crippen molar-refractivity contribution in [3.05, 3.63) is 0 Å². The number of hydrogen-bond acceptors (Lipinski definition) is 3. The van der Waals surface area contributed by atoms with Gasteiger partial charge in [-0.2, -0.15) is 0 Å². The Bertz CT molecular complexity index is 128. The zero-order valence-electron chi connectivity index (χ0n) is 7.76. The van der Waals surface area contributed by atoms with Crippen LogP contribution in [0.1, 0.15) is 20.3 Å². The zero-order valence-corrected chi connectivity index (χ0v) is 7.76. The molecule has 0 spiro atoms. The molecule has 0 fully saturated rings. The molecule has 0 rings (SSSR count). The number of amides is 1. The van der Waals surface area contributed by atoms with Crippen LogP contribution in [-0.2, 0) is 4.79 Å². The molecule has 0 aliphatic rings. The summed E-state index contributed by atoms with van der Waals surface area (Å²) in [6.07, 6.45) is 0.943. The normalized spacial score (nSPS) is 12.6. The van der Waals surface area contributed by atoms with Crippen LogP contribution in [0.3, 0.4) is 0 Å². The van der Waals surface area contributed by atoms with Crippen molar-refractivity contribution >= 4 is 5.91 Å². The minimum atomic E-state index is -0.219. The van der Waals surface area contributed by atoms with E-state index in [1.165, 1.54) is 0 Å². The molecular weight excluding hydrogens is 156 g/mol. The average molecular weight is 174 g/mol. The summed E-state index contributed by atoms with van der Waals surface area (Å²) >= 11 is 0. The predicted molar refractivity (Wildman–Crippen MR) is 47.9 cm³/mol. The Balaban J connectivity index is 3.47. The Morgan fingerprint density at radius 2 is 2.17 bits per heavy atom. The molecule has 0 aliphatic carbocycles. The summed E-state index contributed by atoms with van der Waals surface area (Å²) in [6.45, 7) is 5.02. The maximum Gasteiger partial charge on any atom is 0.236 e. The van der Waals surface area contributed by atoms with Crippen molar-refractivity contribution in [2.75, 3.05) is 19.7 Å². The van der Waals surface area contributed by atoms with Crippen molar-refractivity contribution in [2.24, 2.45) is 0 Å². The largest absolute Gasteiger partial charge is 0.395 e. The smallest absolute Gasteiger partial charge is 0.236 e. The van der Waals surface area contributed by atoms with Gasteiger partial charge in [0.2, 0.25) is 5.91 Å². The lowest BCUT2D eigenvalue weighted by Crippen LogP contribution is -2.43. The molecule has 0 bridgehead atoms. The van der Waals surface area contributed by atoms with Crippen LogP contribution in [0.25, 0.3) is 0 Å². The molecule has 1 amide bonds. The van der Waals surface area contributed by atoms with E-state index in [-0.39, 0.29) is 18.6 Å². The first kappa shape index (κ1) is 11.4. The van der Waals surface area contributed by atoms with Crippen LogP contribution in [0, 0.1) is 0 Å². The molecule has 0 aromatic carbocycles. The number of carbonyl (C=O) groups is 1. The lowest BCUT2D eigenvalue weighted by Gasteiger charge is -2.12. The highest BCUT2D eigenvalue weighted by atomic mass is 16.3. The van der Waals surface area contributed by atoms with E-state index in [2.05, 4.69) is 10.6 Å². The number of rotatable bonds is 6. The van der Waals surface area contributed by atoms with Crippen LogP contribution in [0.5, 0.6) is 0 Å². The third-order valence-electron chi connectivity index (χ3n) is 1.50. The van der Waals surface area contributed by atoms with Gasteiger partial charge in [0.25, 0.3) is 0 Å². The van der Waals surface area contributed by atoms with Crippen molar-refractivity contribution in [3.8, 4) is 0 Å². The summed E-state index contributed by atoms with van der Waals surface area (Å²) in [4.78, 5) is 11.2. The molecule has 0 heterocycles. The highest BCUT2D eigenvalue weighted by molar-refractivity contribution is 5.81. The highest BCUT2D eigenvalue weighted by Gasteiger charge is 2.09. The molecule has 0 aromatic heterocycles. The zero-order chi connectivity index (χ0) is 9.40. The standard InChI is InChI=1S/C8H18N2O2/c1-3-4-10-8(12)7(2)9-5-6-11/h7,9,11H,3-6H2,1-2H3,(H,10,12). The van der Waals surface area contributed by atoms with Crippen LogP contribution in [0.4, 0.5) is 0 Å². The predicted octanol–water partition coefficient (Wildman–Crippen LogP) is -0.517. The number of carbonyl (C=O) groups excluding carboxylic acids is 1. The van der Waals surface area contributed by atoms with Gasteiger partial charge >= 0.3 is 0 Å². The van der Waals surface area contributed by atoms with Gasteiger partial charge in [0.05, 0.1) is 12.6 Å². The highest BCUT2D eigenvalue weighted by Crippen LogP contribution is 1.81. The van der Waals surface area contributed by atoms with Gasteiger partial charge in [-0.1, -0.05) is 6.92 Å². The van der Waals surface area contributed by atoms with E-state index < -0.39 is 0 Å². The summed E-state index contributed by atoms with van der Waals surface area (Å²) < 4.78 is 0. The van der Waals surface area contributed by atoms with Gasteiger partial charge in [0.15, 0.2) is 0 Å². The third kappa shape index (κ3) is 5.09. The third-order valence-corrected chi connectivity index (χ3v) is 1.50. The first-order valence-electron chi connectivity index (χ1n) is 4.34. The van der Waals surface area contributed by atoms with Crippen LogP contribution >= 0.6 is 0 Å². The first-order chi connectivity index (χ1) is 5.72. The fourth-order valence-electron chi connectivity index (χ4n) is 0.775. The van der Waals surface area contributed by atoms with Gasteiger partial charge in [-0.05, 0) is 13.3 Å². The summed E-state index contributed by atoms with van der Waals surface area (Å²) in [6, 6.07) is -0.219. The molecule has 0 aliphatic heterocycles. The molecular formula is C8H18N2O2. The molecule has 4 nitrogen and oxygen atoms in total. The molecule has 12 heavy (non-hydrogen) atoms. The van der Waals surface area contributed by atoms with Gasteiger partial charge in [-0.25, -0.2) is 0 Å². The van der Waals surface area contributed by atoms with Gasteiger partial charge in [-0.3, -0.25) is 4.79 Å². The van der Waals surface area contributed by atoms with E-state index in [9.17, 15) is 4.79 Å². The van der Waals surface area contributed by atoms with Gasteiger partial charge in [0.1, 0.15) is 0 Å². The molecule has 0 saturated carbocycles. The lowest BCUT2D eigenvalue weighted by atomic mass is 10.3. The Hall–Kier alpha value is -0.610. The van der Waals surface area contributed by atoms with Crippen molar-refractivity contribution in [2.45, 2.75) is 26.3 Å². The van der Waals surface area contributed by atoms with Crippen molar-refractivity contribution in [1.29, 1.82) is 0 Å². The topological polar surface area (TPSA) is 61.4 Å². The van der Waals surface area contributed by atoms with E-state index in [1.54, 1.807) is 6.92 Å². The average Bonchev–Trinajstić information content (AvgIpc) is 2.10. The van der Waals surface area contributed by atoms with Crippen LogP contribution in [0.15, 0.2) is 0 Å². The monoisotopic (exact) mass is 174 g/mol. The van der Waals surface area contributed by atoms with E-state index >= 15 is 0 Å². The summed E-state index contributed by atoms with van der Waals surface area (Å²) in [5, 5.41) is 14.1. The fraction of sp³-hybridized carbons (Fsp3) is 0.875. The number of nitrogens with one attached hydrogen (secondary N) is 2. The second-order valence-electron chi connectivity index (χ2n) is 2.69. The second kappa shape index (κ2) is 7.06. The number of hydrogen-bond donors (Lipinski definition) is 3. The van der Waals surface area contributed by atoms with Gasteiger partial charge in [-0.15, -0.1) is 0 Å². The molecule has 0 saturated heterocycles. The first-order valence-corrected chi connectivity index (χ1v) is 4.34. The van der Waals surface area contributed by atoms with Crippen molar-refractivity contribution in [3.63, 3.8) is 0 Å². The molecule has 72 valence electrons.